The second-order valence-electron chi connectivity index (χ2n) is 9.36. The molecule has 2 aromatic rings. The van der Waals surface area contributed by atoms with Crippen LogP contribution in [0.25, 0.3) is 0 Å². The molecule has 1 fully saturated rings. The number of rotatable bonds is 3. The molecule has 168 valence electrons. The third-order valence-electron chi connectivity index (χ3n) is 6.91. The molecule has 1 aromatic heterocycles. The zero-order valence-electron chi connectivity index (χ0n) is 18.7. The first-order valence-electron chi connectivity index (χ1n) is 11.2. The number of aryl methyl sites for hydroxylation is 1. The van der Waals surface area contributed by atoms with E-state index in [-0.39, 0.29) is 30.0 Å². The van der Waals surface area contributed by atoms with Crippen molar-refractivity contribution in [3.05, 3.63) is 53.1 Å². The molecule has 1 amide bonds. The summed E-state index contributed by atoms with van der Waals surface area (Å²) in [5.41, 5.74) is 8.78. The van der Waals surface area contributed by atoms with Crippen molar-refractivity contribution < 1.29 is 14.3 Å². The fourth-order valence-electron chi connectivity index (χ4n) is 5.17. The molecule has 8 heteroatoms. The molecule has 3 aliphatic rings. The minimum Gasteiger partial charge on any atom is -0.490 e. The van der Waals surface area contributed by atoms with Gasteiger partial charge < -0.3 is 20.5 Å². The van der Waals surface area contributed by atoms with E-state index in [4.69, 9.17) is 20.2 Å². The lowest BCUT2D eigenvalue weighted by atomic mass is 9.67. The van der Waals surface area contributed by atoms with Gasteiger partial charge in [-0.05, 0) is 49.8 Å². The summed E-state index contributed by atoms with van der Waals surface area (Å²) in [6.07, 6.45) is 5.48. The van der Waals surface area contributed by atoms with E-state index in [1.165, 1.54) is 11.8 Å². The van der Waals surface area contributed by atoms with Gasteiger partial charge in [-0.3, -0.25) is 9.78 Å². The number of nitrogens with two attached hydrogens (primary N) is 1. The van der Waals surface area contributed by atoms with Crippen LogP contribution in [-0.4, -0.2) is 40.6 Å². The van der Waals surface area contributed by atoms with Gasteiger partial charge >= 0.3 is 0 Å². The number of amidine groups is 1. The smallest absolute Gasteiger partial charge is 0.283 e. The Kier molecular flexibility index (Phi) is 5.03. The molecule has 1 aromatic carbocycles. The number of benzene rings is 1. The number of ether oxygens (including phenoxy) is 2. The van der Waals surface area contributed by atoms with E-state index in [2.05, 4.69) is 47.3 Å². The van der Waals surface area contributed by atoms with Crippen molar-refractivity contribution in [1.82, 2.24) is 15.3 Å². The van der Waals surface area contributed by atoms with Crippen LogP contribution in [0.3, 0.4) is 0 Å². The molecule has 1 spiro atoms. The molecule has 0 bridgehead atoms. The Labute approximate surface area is 187 Å². The molecule has 32 heavy (non-hydrogen) atoms. The molecule has 5 rings (SSSR count). The summed E-state index contributed by atoms with van der Waals surface area (Å²) in [5, 5.41) is 3.14. The molecule has 8 nitrogen and oxygen atoms in total. The standard InChI is InChI=1S/C24H29N5O3/c1-13(2)15-4-6-20-17(8-15)24(12-31-23(25)29-24)18-9-16(5-7-21(18)32-20)28-22(30)19-11-26-14(3)10-27-19/h4,6,8,10-11,13,16,18,21H,5,7,9,12H2,1-3H3,(H2,25,29)(H,28,30)/t16-,18-,21-,24-/m1/s1. The Morgan fingerprint density at radius 2 is 2.09 bits per heavy atom. The van der Waals surface area contributed by atoms with Crippen molar-refractivity contribution in [1.29, 1.82) is 0 Å². The Hall–Kier alpha value is -3.16. The molecule has 4 atom stereocenters. The maximum absolute atomic E-state index is 12.7. The topological polar surface area (TPSA) is 112 Å². The van der Waals surface area contributed by atoms with Crippen LogP contribution in [0.4, 0.5) is 0 Å². The summed E-state index contributed by atoms with van der Waals surface area (Å²) >= 11 is 0. The van der Waals surface area contributed by atoms with E-state index in [1.807, 2.05) is 6.92 Å². The van der Waals surface area contributed by atoms with Gasteiger partial charge in [0.05, 0.1) is 11.9 Å². The van der Waals surface area contributed by atoms with Gasteiger partial charge in [0.25, 0.3) is 11.9 Å². The third-order valence-corrected chi connectivity index (χ3v) is 6.91. The molecule has 3 heterocycles. The molecular formula is C24H29N5O3. The summed E-state index contributed by atoms with van der Waals surface area (Å²) in [4.78, 5) is 26.0. The summed E-state index contributed by atoms with van der Waals surface area (Å²) < 4.78 is 12.2. The number of fused-ring (bicyclic) bond motifs is 4. The van der Waals surface area contributed by atoms with Crippen LogP contribution in [0.1, 0.15) is 66.3 Å². The van der Waals surface area contributed by atoms with Gasteiger partial charge in [-0.15, -0.1) is 0 Å². The van der Waals surface area contributed by atoms with Crippen LogP contribution in [0.15, 0.2) is 35.6 Å². The number of nitrogens with zero attached hydrogens (tertiary/aromatic N) is 3. The Morgan fingerprint density at radius 3 is 2.78 bits per heavy atom. The number of carbonyl (C=O) groups excluding carboxylic acids is 1. The van der Waals surface area contributed by atoms with Crippen LogP contribution in [-0.2, 0) is 10.3 Å². The molecule has 0 saturated heterocycles. The highest BCUT2D eigenvalue weighted by Gasteiger charge is 2.55. The molecule has 3 N–H and O–H groups in total. The lowest BCUT2D eigenvalue weighted by Crippen LogP contribution is -2.54. The van der Waals surface area contributed by atoms with Crippen molar-refractivity contribution >= 4 is 11.9 Å². The second kappa shape index (κ2) is 7.76. The predicted molar refractivity (Wildman–Crippen MR) is 120 cm³/mol. The first-order chi connectivity index (χ1) is 15.4. The van der Waals surface area contributed by atoms with Crippen LogP contribution in [0, 0.1) is 12.8 Å². The average molecular weight is 436 g/mol. The first kappa shape index (κ1) is 20.7. The zero-order chi connectivity index (χ0) is 22.5. The van der Waals surface area contributed by atoms with Crippen LogP contribution >= 0.6 is 0 Å². The van der Waals surface area contributed by atoms with Crippen LogP contribution in [0.5, 0.6) is 5.75 Å². The first-order valence-corrected chi connectivity index (χ1v) is 11.2. The summed E-state index contributed by atoms with van der Waals surface area (Å²) in [5.74, 6) is 1.07. The van der Waals surface area contributed by atoms with Gasteiger partial charge in [0, 0.05) is 23.7 Å². The lowest BCUT2D eigenvalue weighted by Gasteiger charge is -2.48. The number of hydrogen-bond acceptors (Lipinski definition) is 7. The Bertz CT molecular complexity index is 1070. The van der Waals surface area contributed by atoms with E-state index in [1.54, 1.807) is 6.20 Å². The van der Waals surface area contributed by atoms with Crippen LogP contribution < -0.4 is 15.8 Å². The van der Waals surface area contributed by atoms with Crippen molar-refractivity contribution in [2.45, 2.75) is 63.6 Å². The van der Waals surface area contributed by atoms with Gasteiger partial charge in [0.15, 0.2) is 0 Å². The van der Waals surface area contributed by atoms with Gasteiger partial charge in [-0.2, -0.15) is 0 Å². The molecule has 2 aliphatic heterocycles. The van der Waals surface area contributed by atoms with E-state index < -0.39 is 5.54 Å². The largest absolute Gasteiger partial charge is 0.490 e. The Balaban J connectivity index is 1.44. The number of amides is 1. The maximum atomic E-state index is 12.7. The quantitative estimate of drug-likeness (QED) is 0.767. The van der Waals surface area contributed by atoms with Gasteiger partial charge in [0.2, 0.25) is 0 Å². The van der Waals surface area contributed by atoms with Crippen molar-refractivity contribution in [3.63, 3.8) is 0 Å². The highest BCUT2D eigenvalue weighted by atomic mass is 16.5. The second-order valence-corrected chi connectivity index (χ2v) is 9.36. The highest BCUT2D eigenvalue weighted by molar-refractivity contribution is 5.92. The van der Waals surface area contributed by atoms with Crippen LogP contribution in [0.2, 0.25) is 0 Å². The van der Waals surface area contributed by atoms with E-state index in [0.717, 1.165) is 36.3 Å². The summed E-state index contributed by atoms with van der Waals surface area (Å²) in [6.45, 7) is 6.58. The molecule has 1 saturated carbocycles. The van der Waals surface area contributed by atoms with Gasteiger partial charge in [-0.1, -0.05) is 19.9 Å². The monoisotopic (exact) mass is 435 g/mol. The lowest BCUT2D eigenvalue weighted by molar-refractivity contribution is -0.00197. The fraction of sp³-hybridized carbons (Fsp3) is 0.500. The minimum absolute atomic E-state index is 0.00188. The average Bonchev–Trinajstić information content (AvgIpc) is 3.17. The number of aromatic nitrogens is 2. The number of hydrogen-bond donors (Lipinski definition) is 2. The molecule has 0 unspecified atom stereocenters. The van der Waals surface area contributed by atoms with Crippen molar-refractivity contribution in [3.8, 4) is 5.75 Å². The third kappa shape index (κ3) is 3.47. The number of nitrogens with one attached hydrogen (secondary N) is 1. The van der Waals surface area contributed by atoms with Crippen molar-refractivity contribution in [2.75, 3.05) is 6.61 Å². The number of aliphatic imine (C=N–C) groups is 1. The molecule has 0 radical (unpaired) electrons. The number of carbonyl (C=O) groups is 1. The SMILES string of the molecule is Cc1cnc(C(=O)N[C@@H]2CC[C@H]3Oc4ccc(C(C)C)cc4[C@]4(COC(N)=N4)[C@@H]3C2)cn1. The van der Waals surface area contributed by atoms with Crippen molar-refractivity contribution in [2.24, 2.45) is 16.6 Å². The van der Waals surface area contributed by atoms with E-state index in [9.17, 15) is 4.79 Å². The van der Waals surface area contributed by atoms with Gasteiger partial charge in [-0.25, -0.2) is 9.98 Å². The summed E-state index contributed by atoms with van der Waals surface area (Å²) in [6, 6.07) is 6.56. The Morgan fingerprint density at radius 1 is 1.25 bits per heavy atom. The van der Waals surface area contributed by atoms with E-state index in [0.29, 0.717) is 18.2 Å². The molecule has 1 aliphatic carbocycles. The molecular weight excluding hydrogens is 406 g/mol. The van der Waals surface area contributed by atoms with Gasteiger partial charge in [0.1, 0.15) is 29.7 Å². The summed E-state index contributed by atoms with van der Waals surface area (Å²) in [7, 11) is 0. The minimum atomic E-state index is -0.597. The van der Waals surface area contributed by atoms with E-state index >= 15 is 0 Å². The maximum Gasteiger partial charge on any atom is 0.283 e. The zero-order valence-corrected chi connectivity index (χ0v) is 18.7. The predicted octanol–water partition coefficient (Wildman–Crippen LogP) is 2.81. The highest BCUT2D eigenvalue weighted by Crippen LogP contribution is 2.52. The normalized spacial score (nSPS) is 28.4. The fourth-order valence-corrected chi connectivity index (χ4v) is 5.17.